The minimum Gasteiger partial charge on any atom is -0.370 e. The fraction of sp³-hybridized carbons (Fsp3) is 0.909. The minimum absolute atomic E-state index is 0.562. The van der Waals surface area contributed by atoms with Crippen molar-refractivity contribution in [1.82, 2.24) is 9.80 Å². The standard InChI is InChI=1S/C11H24N4/c1-9(2)7-13-11(12)15-6-5-14(4)10(3)8-15/h9-10H,5-8H2,1-4H3,(H2,12,13). The predicted molar refractivity (Wildman–Crippen MR) is 65.0 cm³/mol. The molecule has 0 bridgehead atoms. The minimum atomic E-state index is 0.562. The number of nitrogens with zero attached hydrogens (tertiary/aromatic N) is 3. The van der Waals surface area contributed by atoms with Gasteiger partial charge in [0.1, 0.15) is 0 Å². The van der Waals surface area contributed by atoms with Crippen molar-refractivity contribution in [1.29, 1.82) is 0 Å². The van der Waals surface area contributed by atoms with Gasteiger partial charge in [-0.1, -0.05) is 13.8 Å². The molecule has 0 aromatic carbocycles. The summed E-state index contributed by atoms with van der Waals surface area (Å²) in [5.41, 5.74) is 5.96. The maximum atomic E-state index is 5.96. The molecule has 0 radical (unpaired) electrons. The van der Waals surface area contributed by atoms with Gasteiger partial charge >= 0.3 is 0 Å². The molecular formula is C11H24N4. The van der Waals surface area contributed by atoms with Crippen LogP contribution in [-0.2, 0) is 0 Å². The van der Waals surface area contributed by atoms with Gasteiger partial charge in [-0.3, -0.25) is 4.99 Å². The normalized spacial score (nSPS) is 25.0. The van der Waals surface area contributed by atoms with Gasteiger partial charge < -0.3 is 15.5 Å². The second kappa shape index (κ2) is 5.35. The molecule has 0 aliphatic carbocycles. The first-order chi connectivity index (χ1) is 7.00. The molecule has 15 heavy (non-hydrogen) atoms. The van der Waals surface area contributed by atoms with E-state index in [9.17, 15) is 0 Å². The number of nitrogens with two attached hydrogens (primary N) is 1. The predicted octanol–water partition coefficient (Wildman–Crippen LogP) is 0.593. The molecule has 0 spiro atoms. The largest absolute Gasteiger partial charge is 0.370 e. The van der Waals surface area contributed by atoms with Gasteiger partial charge in [0, 0.05) is 32.2 Å². The lowest BCUT2D eigenvalue weighted by Gasteiger charge is -2.38. The van der Waals surface area contributed by atoms with Gasteiger partial charge in [0.05, 0.1) is 0 Å². The highest BCUT2D eigenvalue weighted by atomic mass is 15.3. The van der Waals surface area contributed by atoms with Gasteiger partial charge in [-0.15, -0.1) is 0 Å². The maximum absolute atomic E-state index is 5.96. The fourth-order valence-electron chi connectivity index (χ4n) is 1.63. The second-order valence-electron chi connectivity index (χ2n) is 4.87. The average Bonchev–Trinajstić information content (AvgIpc) is 2.18. The zero-order valence-corrected chi connectivity index (χ0v) is 10.4. The van der Waals surface area contributed by atoms with Crippen LogP contribution < -0.4 is 5.73 Å². The van der Waals surface area contributed by atoms with Crippen LogP contribution in [-0.4, -0.2) is 55.0 Å². The molecule has 2 N–H and O–H groups in total. The third kappa shape index (κ3) is 3.70. The molecule has 0 amide bonds. The highest BCUT2D eigenvalue weighted by Crippen LogP contribution is 2.06. The quantitative estimate of drug-likeness (QED) is 0.538. The van der Waals surface area contributed by atoms with E-state index in [4.69, 9.17) is 5.73 Å². The van der Waals surface area contributed by atoms with Gasteiger partial charge in [-0.05, 0) is 19.9 Å². The van der Waals surface area contributed by atoms with Crippen LogP contribution in [0.25, 0.3) is 0 Å². The third-order valence-electron chi connectivity index (χ3n) is 2.90. The van der Waals surface area contributed by atoms with E-state index in [0.29, 0.717) is 17.9 Å². The summed E-state index contributed by atoms with van der Waals surface area (Å²) in [6, 6.07) is 0.562. The van der Waals surface area contributed by atoms with E-state index in [0.717, 1.165) is 26.2 Å². The second-order valence-corrected chi connectivity index (χ2v) is 4.87. The molecule has 1 aliphatic rings. The summed E-state index contributed by atoms with van der Waals surface area (Å²) in [5, 5.41) is 0. The number of likely N-dealkylation sites (N-methyl/N-ethyl adjacent to an activating group) is 1. The molecule has 1 saturated heterocycles. The smallest absolute Gasteiger partial charge is 0.191 e. The molecule has 0 aromatic heterocycles. The zero-order chi connectivity index (χ0) is 11.4. The van der Waals surface area contributed by atoms with E-state index >= 15 is 0 Å². The fourth-order valence-corrected chi connectivity index (χ4v) is 1.63. The van der Waals surface area contributed by atoms with Crippen molar-refractivity contribution in [2.24, 2.45) is 16.6 Å². The number of piperazine rings is 1. The van der Waals surface area contributed by atoms with Crippen LogP contribution >= 0.6 is 0 Å². The highest BCUT2D eigenvalue weighted by molar-refractivity contribution is 5.78. The molecule has 88 valence electrons. The van der Waals surface area contributed by atoms with Crippen LogP contribution in [0.5, 0.6) is 0 Å². The lowest BCUT2D eigenvalue weighted by Crippen LogP contribution is -2.54. The third-order valence-corrected chi connectivity index (χ3v) is 2.90. The summed E-state index contributed by atoms with van der Waals surface area (Å²) < 4.78 is 0. The molecule has 1 aliphatic heterocycles. The van der Waals surface area contributed by atoms with Crippen molar-refractivity contribution in [2.75, 3.05) is 33.2 Å². The first-order valence-electron chi connectivity index (χ1n) is 5.75. The van der Waals surface area contributed by atoms with Crippen LogP contribution in [0.4, 0.5) is 0 Å². The van der Waals surface area contributed by atoms with E-state index in [-0.39, 0.29) is 0 Å². The SMILES string of the molecule is CC(C)CN=C(N)N1CCN(C)C(C)C1. The van der Waals surface area contributed by atoms with Crippen molar-refractivity contribution in [3.05, 3.63) is 0 Å². The van der Waals surface area contributed by atoms with Gasteiger partial charge in [-0.2, -0.15) is 0 Å². The summed E-state index contributed by atoms with van der Waals surface area (Å²) in [7, 11) is 2.16. The molecule has 1 rings (SSSR count). The van der Waals surface area contributed by atoms with Gasteiger partial charge in [-0.25, -0.2) is 0 Å². The number of hydrogen-bond donors (Lipinski definition) is 1. The van der Waals surface area contributed by atoms with Crippen molar-refractivity contribution in [3.63, 3.8) is 0 Å². The molecule has 0 saturated carbocycles. The van der Waals surface area contributed by atoms with Crippen molar-refractivity contribution in [3.8, 4) is 0 Å². The molecule has 1 unspecified atom stereocenters. The molecule has 1 fully saturated rings. The van der Waals surface area contributed by atoms with Crippen molar-refractivity contribution < 1.29 is 0 Å². The Kier molecular flexibility index (Phi) is 4.39. The van der Waals surface area contributed by atoms with Gasteiger partial charge in [0.2, 0.25) is 0 Å². The Morgan fingerprint density at radius 2 is 2.13 bits per heavy atom. The first kappa shape index (κ1) is 12.3. The molecule has 1 atom stereocenters. The lowest BCUT2D eigenvalue weighted by atomic mass is 10.2. The topological polar surface area (TPSA) is 44.9 Å². The van der Waals surface area contributed by atoms with E-state index < -0.39 is 0 Å². The van der Waals surface area contributed by atoms with E-state index in [2.05, 4.69) is 42.6 Å². The summed E-state index contributed by atoms with van der Waals surface area (Å²) in [4.78, 5) is 8.95. The van der Waals surface area contributed by atoms with Crippen molar-refractivity contribution >= 4 is 5.96 Å². The summed E-state index contributed by atoms with van der Waals surface area (Å²) in [5.74, 6) is 1.29. The van der Waals surface area contributed by atoms with Crippen molar-refractivity contribution in [2.45, 2.75) is 26.8 Å². The Balaban J connectivity index is 2.46. The summed E-state index contributed by atoms with van der Waals surface area (Å²) in [6.45, 7) is 10.4. The maximum Gasteiger partial charge on any atom is 0.191 e. The highest BCUT2D eigenvalue weighted by Gasteiger charge is 2.21. The zero-order valence-electron chi connectivity index (χ0n) is 10.4. The molecular weight excluding hydrogens is 188 g/mol. The van der Waals surface area contributed by atoms with E-state index in [1.165, 1.54) is 0 Å². The molecule has 4 nitrogen and oxygen atoms in total. The van der Waals surface area contributed by atoms with E-state index in [1.807, 2.05) is 0 Å². The van der Waals surface area contributed by atoms with E-state index in [1.54, 1.807) is 0 Å². The Hall–Kier alpha value is -0.770. The van der Waals surface area contributed by atoms with Crippen LogP contribution in [0.3, 0.4) is 0 Å². The van der Waals surface area contributed by atoms with Crippen LogP contribution in [0, 0.1) is 5.92 Å². The number of rotatable bonds is 2. The van der Waals surface area contributed by atoms with Crippen LogP contribution in [0.1, 0.15) is 20.8 Å². The number of guanidine groups is 1. The Labute approximate surface area is 93.1 Å². The molecule has 1 heterocycles. The number of aliphatic imine (C=N–C) groups is 1. The summed E-state index contributed by atoms with van der Waals surface area (Å²) in [6.07, 6.45) is 0. The first-order valence-corrected chi connectivity index (χ1v) is 5.75. The van der Waals surface area contributed by atoms with Gasteiger partial charge in [0.25, 0.3) is 0 Å². The monoisotopic (exact) mass is 212 g/mol. The number of hydrogen-bond acceptors (Lipinski definition) is 2. The molecule has 0 aromatic rings. The Morgan fingerprint density at radius 1 is 1.47 bits per heavy atom. The Bertz CT molecular complexity index is 225. The van der Waals surface area contributed by atoms with Crippen LogP contribution in [0.15, 0.2) is 4.99 Å². The Morgan fingerprint density at radius 3 is 2.67 bits per heavy atom. The van der Waals surface area contributed by atoms with Gasteiger partial charge in [0.15, 0.2) is 5.96 Å². The lowest BCUT2D eigenvalue weighted by molar-refractivity contribution is 0.152. The van der Waals surface area contributed by atoms with Crippen LogP contribution in [0.2, 0.25) is 0 Å². The molecule has 4 heteroatoms. The summed E-state index contributed by atoms with van der Waals surface area (Å²) >= 11 is 0. The average molecular weight is 212 g/mol.